The molecule has 0 aromatic heterocycles. The van der Waals surface area contributed by atoms with Crippen molar-refractivity contribution in [1.29, 1.82) is 0 Å². The van der Waals surface area contributed by atoms with Crippen molar-refractivity contribution in [2.45, 2.75) is 0 Å². The monoisotopic (exact) mass is 356 g/mol. The number of aromatic carboxylic acids is 4. The van der Waals surface area contributed by atoms with Crippen LogP contribution < -0.4 is 0 Å². The van der Waals surface area contributed by atoms with E-state index >= 15 is 0 Å². The van der Waals surface area contributed by atoms with Crippen LogP contribution in [0.25, 0.3) is 12.2 Å². The van der Waals surface area contributed by atoms with Crippen molar-refractivity contribution in [3.05, 3.63) is 69.8 Å². The van der Waals surface area contributed by atoms with E-state index in [9.17, 15) is 29.4 Å². The molecule has 0 fully saturated rings. The Bertz CT molecular complexity index is 956. The molecule has 8 heteroatoms. The Morgan fingerprint density at radius 1 is 0.692 bits per heavy atom. The molecule has 0 saturated carbocycles. The number of carboxylic acid groups (broad SMARTS) is 4. The molecule has 0 unspecified atom stereocenters. The largest absolute Gasteiger partial charge is 0.478 e. The summed E-state index contributed by atoms with van der Waals surface area (Å²) in [4.78, 5) is 45.0. The molecule has 0 amide bonds. The molecule has 0 heterocycles. The molecule has 2 rings (SSSR count). The molecule has 0 aliphatic heterocycles. The van der Waals surface area contributed by atoms with E-state index in [0.717, 1.165) is 6.07 Å². The minimum absolute atomic E-state index is 0.0260. The summed E-state index contributed by atoms with van der Waals surface area (Å²) in [7, 11) is 0. The van der Waals surface area contributed by atoms with Crippen LogP contribution in [0.4, 0.5) is 0 Å². The zero-order chi connectivity index (χ0) is 19.4. The number of rotatable bonds is 6. The van der Waals surface area contributed by atoms with Gasteiger partial charge in [0.15, 0.2) is 0 Å². The van der Waals surface area contributed by atoms with Gasteiger partial charge < -0.3 is 20.4 Å². The Morgan fingerprint density at radius 2 is 1.35 bits per heavy atom. The smallest absolute Gasteiger partial charge is 0.337 e. The van der Waals surface area contributed by atoms with Crippen LogP contribution in [0.5, 0.6) is 0 Å². The molecule has 0 spiro atoms. The summed E-state index contributed by atoms with van der Waals surface area (Å²) < 4.78 is 0. The fraction of sp³-hybridized carbons (Fsp3) is 0. The highest BCUT2D eigenvalue weighted by atomic mass is 16.4. The van der Waals surface area contributed by atoms with E-state index in [2.05, 4.69) is 0 Å². The van der Waals surface area contributed by atoms with E-state index in [1.807, 2.05) is 0 Å². The van der Waals surface area contributed by atoms with Crippen LogP contribution in [0, 0.1) is 0 Å². The van der Waals surface area contributed by atoms with E-state index in [-0.39, 0.29) is 11.1 Å². The highest BCUT2D eigenvalue weighted by molar-refractivity contribution is 6.11. The lowest BCUT2D eigenvalue weighted by Gasteiger charge is -2.09. The summed E-state index contributed by atoms with van der Waals surface area (Å²) in [6.45, 7) is 0. The van der Waals surface area contributed by atoms with E-state index in [4.69, 9.17) is 10.2 Å². The summed E-state index contributed by atoms with van der Waals surface area (Å²) in [6, 6.07) is 7.99. The van der Waals surface area contributed by atoms with E-state index in [1.165, 1.54) is 36.4 Å². The van der Waals surface area contributed by atoms with Crippen molar-refractivity contribution in [3.63, 3.8) is 0 Å². The summed E-state index contributed by atoms with van der Waals surface area (Å²) in [6.07, 6.45) is 2.68. The Morgan fingerprint density at radius 3 is 1.88 bits per heavy atom. The van der Waals surface area contributed by atoms with Gasteiger partial charge in [0.1, 0.15) is 0 Å². The van der Waals surface area contributed by atoms with E-state index in [0.29, 0.717) is 5.56 Å². The summed E-state index contributed by atoms with van der Waals surface area (Å²) >= 11 is 0. The average Bonchev–Trinajstić information content (AvgIpc) is 2.58. The van der Waals surface area contributed by atoms with Crippen molar-refractivity contribution < 1.29 is 39.6 Å². The molecule has 2 aromatic rings. The van der Waals surface area contributed by atoms with E-state index in [1.54, 1.807) is 6.07 Å². The first-order valence-electron chi connectivity index (χ1n) is 7.10. The molecule has 0 radical (unpaired) electrons. The van der Waals surface area contributed by atoms with Crippen molar-refractivity contribution in [1.82, 2.24) is 0 Å². The molecule has 8 nitrogen and oxygen atoms in total. The summed E-state index contributed by atoms with van der Waals surface area (Å²) in [5, 5.41) is 36.6. The number of benzene rings is 2. The van der Waals surface area contributed by atoms with Gasteiger partial charge >= 0.3 is 23.9 Å². The third-order valence-corrected chi connectivity index (χ3v) is 3.48. The first-order valence-corrected chi connectivity index (χ1v) is 7.10. The summed E-state index contributed by atoms with van der Waals surface area (Å²) in [5.74, 6) is -5.97. The van der Waals surface area contributed by atoms with Gasteiger partial charge in [0.2, 0.25) is 0 Å². The molecule has 0 saturated heterocycles. The highest BCUT2D eigenvalue weighted by Gasteiger charge is 2.26. The molecule has 0 bridgehead atoms. The average molecular weight is 356 g/mol. The lowest BCUT2D eigenvalue weighted by atomic mass is 9.95. The normalized spacial score (nSPS) is 10.6. The maximum absolute atomic E-state index is 11.5. The van der Waals surface area contributed by atoms with Crippen molar-refractivity contribution in [2.75, 3.05) is 0 Å². The van der Waals surface area contributed by atoms with Gasteiger partial charge in [-0.05, 0) is 29.3 Å². The van der Waals surface area contributed by atoms with Crippen LogP contribution in [0.1, 0.15) is 52.6 Å². The molecule has 26 heavy (non-hydrogen) atoms. The predicted octanol–water partition coefficient (Wildman–Crippen LogP) is 2.65. The zero-order valence-electron chi connectivity index (χ0n) is 13.0. The molecule has 0 aliphatic carbocycles. The van der Waals surface area contributed by atoms with Crippen LogP contribution in [0.3, 0.4) is 0 Å². The second kappa shape index (κ2) is 7.31. The maximum Gasteiger partial charge on any atom is 0.337 e. The highest BCUT2D eigenvalue weighted by Crippen LogP contribution is 2.23. The van der Waals surface area contributed by atoms with Crippen LogP contribution >= 0.6 is 0 Å². The Balaban J connectivity index is 2.60. The van der Waals surface area contributed by atoms with Gasteiger partial charge in [-0.1, -0.05) is 30.4 Å². The van der Waals surface area contributed by atoms with Crippen molar-refractivity contribution in [3.8, 4) is 0 Å². The Kier molecular flexibility index (Phi) is 5.17. The number of hydrogen-bond acceptors (Lipinski definition) is 4. The molecule has 0 aliphatic rings. The quantitative estimate of drug-likeness (QED) is 0.577. The van der Waals surface area contributed by atoms with Gasteiger partial charge in [0.25, 0.3) is 0 Å². The van der Waals surface area contributed by atoms with Crippen LogP contribution in [-0.4, -0.2) is 44.3 Å². The first kappa shape index (κ1) is 18.4. The molecular weight excluding hydrogens is 344 g/mol. The van der Waals surface area contributed by atoms with Crippen molar-refractivity contribution in [2.24, 2.45) is 0 Å². The van der Waals surface area contributed by atoms with Gasteiger partial charge in [-0.25, -0.2) is 19.2 Å². The number of carbonyl (C=O) groups is 4. The van der Waals surface area contributed by atoms with Gasteiger partial charge in [-0.15, -0.1) is 0 Å². The molecule has 2 aromatic carbocycles. The molecule has 0 atom stereocenters. The molecular formula is C18H12O8. The zero-order valence-corrected chi connectivity index (χ0v) is 13.0. The fourth-order valence-corrected chi connectivity index (χ4v) is 2.35. The van der Waals surface area contributed by atoms with Gasteiger partial charge in [0.05, 0.1) is 22.3 Å². The van der Waals surface area contributed by atoms with Crippen LogP contribution in [-0.2, 0) is 0 Å². The minimum Gasteiger partial charge on any atom is -0.478 e. The summed E-state index contributed by atoms with van der Waals surface area (Å²) in [5.41, 5.74) is -1.69. The number of carboxylic acids is 4. The third-order valence-electron chi connectivity index (χ3n) is 3.48. The van der Waals surface area contributed by atoms with E-state index < -0.39 is 40.6 Å². The second-order valence-corrected chi connectivity index (χ2v) is 5.13. The van der Waals surface area contributed by atoms with Crippen LogP contribution in [0.2, 0.25) is 0 Å². The van der Waals surface area contributed by atoms with Gasteiger partial charge in [0, 0.05) is 0 Å². The second-order valence-electron chi connectivity index (χ2n) is 5.13. The van der Waals surface area contributed by atoms with Crippen molar-refractivity contribution >= 4 is 36.0 Å². The topological polar surface area (TPSA) is 149 Å². The first-order chi connectivity index (χ1) is 12.2. The Labute approximate surface area is 146 Å². The Hall–Kier alpha value is -3.94. The van der Waals surface area contributed by atoms with Gasteiger partial charge in [-0.3, -0.25) is 0 Å². The predicted molar refractivity (Wildman–Crippen MR) is 89.6 cm³/mol. The van der Waals surface area contributed by atoms with Gasteiger partial charge in [-0.2, -0.15) is 0 Å². The minimum atomic E-state index is -1.68. The molecule has 132 valence electrons. The SMILES string of the molecule is O=C(O)c1cccc(/C=C/c2ccc(C(=O)O)c(C(=O)O)c2C(=O)O)c1. The lowest BCUT2D eigenvalue weighted by molar-refractivity contribution is 0.0633. The fourth-order valence-electron chi connectivity index (χ4n) is 2.35. The third kappa shape index (κ3) is 3.75. The number of hydrogen-bond donors (Lipinski definition) is 4. The lowest BCUT2D eigenvalue weighted by Crippen LogP contribution is -2.16. The maximum atomic E-state index is 11.5. The molecule has 4 N–H and O–H groups in total. The standard InChI is InChI=1S/C18H12O8/c19-15(20)11-3-1-2-9(8-11)4-5-10-6-7-12(16(21)22)14(18(25)26)13(10)17(23)24/h1-8H,(H,19,20)(H,21,22)(H,23,24)(H,25,26)/b5-4+. The van der Waals surface area contributed by atoms with Crippen LogP contribution in [0.15, 0.2) is 36.4 Å².